The zero-order valence-corrected chi connectivity index (χ0v) is 36.8. The van der Waals surface area contributed by atoms with E-state index in [-0.39, 0.29) is 19.4 Å². The SMILES string of the molecule is CCCCC/C=C\C/C=C\CCCCCCCC(=O)OC(COC(=O)CCCCCCCCCCCCCCCCCCCC)COP(=O)(O)OCC(O)CO. The number of rotatable bonds is 43. The van der Waals surface area contributed by atoms with Crippen LogP contribution in [0.1, 0.15) is 213 Å². The summed E-state index contributed by atoms with van der Waals surface area (Å²) in [6.07, 6.45) is 41.4. The summed E-state index contributed by atoms with van der Waals surface area (Å²) >= 11 is 0. The van der Waals surface area contributed by atoms with Gasteiger partial charge in [0, 0.05) is 12.8 Å². The Bertz CT molecular complexity index is 988. The van der Waals surface area contributed by atoms with Crippen LogP contribution < -0.4 is 0 Å². The number of carbonyl (C=O) groups is 2. The lowest BCUT2D eigenvalue weighted by atomic mass is 10.0. The van der Waals surface area contributed by atoms with Crippen LogP contribution in [0.3, 0.4) is 0 Å². The van der Waals surface area contributed by atoms with Gasteiger partial charge in [-0.15, -0.1) is 0 Å². The summed E-state index contributed by atoms with van der Waals surface area (Å²) in [6, 6.07) is 0. The number of ether oxygens (including phenoxy) is 2. The van der Waals surface area contributed by atoms with Crippen LogP contribution in [-0.4, -0.2) is 65.7 Å². The molecule has 0 aliphatic carbocycles. The molecule has 0 saturated carbocycles. The lowest BCUT2D eigenvalue weighted by Gasteiger charge is -2.20. The Hall–Kier alpha value is -1.55. The molecular formula is C45H85O10P. The maximum Gasteiger partial charge on any atom is 0.472 e. The number of hydrogen-bond donors (Lipinski definition) is 3. The van der Waals surface area contributed by atoms with Crippen LogP contribution in [0.4, 0.5) is 0 Å². The van der Waals surface area contributed by atoms with E-state index in [4.69, 9.17) is 23.6 Å². The van der Waals surface area contributed by atoms with Gasteiger partial charge in [-0.2, -0.15) is 0 Å². The van der Waals surface area contributed by atoms with Crippen LogP contribution in [0.25, 0.3) is 0 Å². The molecule has 0 aliphatic heterocycles. The highest BCUT2D eigenvalue weighted by Gasteiger charge is 2.27. The van der Waals surface area contributed by atoms with Gasteiger partial charge in [0.15, 0.2) is 6.10 Å². The van der Waals surface area contributed by atoms with Crippen LogP contribution in [0, 0.1) is 0 Å². The first-order chi connectivity index (χ1) is 27.2. The third-order valence-electron chi connectivity index (χ3n) is 9.86. The van der Waals surface area contributed by atoms with Crippen molar-refractivity contribution in [3.05, 3.63) is 24.3 Å². The van der Waals surface area contributed by atoms with Crippen molar-refractivity contribution < 1.29 is 47.8 Å². The normalized spacial score (nSPS) is 14.0. The van der Waals surface area contributed by atoms with Crippen molar-refractivity contribution in [3.8, 4) is 0 Å². The Morgan fingerprint density at radius 3 is 1.41 bits per heavy atom. The largest absolute Gasteiger partial charge is 0.472 e. The molecule has 0 rings (SSSR count). The number of allylic oxidation sites excluding steroid dienone is 4. The van der Waals surface area contributed by atoms with Gasteiger partial charge in [0.2, 0.25) is 0 Å². The van der Waals surface area contributed by atoms with E-state index in [9.17, 15) is 24.2 Å². The summed E-state index contributed by atoms with van der Waals surface area (Å²) in [5.74, 6) is -0.931. The van der Waals surface area contributed by atoms with Crippen LogP contribution in [0.15, 0.2) is 24.3 Å². The highest BCUT2D eigenvalue weighted by molar-refractivity contribution is 7.47. The van der Waals surface area contributed by atoms with Crippen LogP contribution in [0.2, 0.25) is 0 Å². The number of hydrogen-bond acceptors (Lipinski definition) is 9. The van der Waals surface area contributed by atoms with Gasteiger partial charge >= 0.3 is 19.8 Å². The number of esters is 2. The van der Waals surface area contributed by atoms with Gasteiger partial charge in [0.05, 0.1) is 19.8 Å². The Morgan fingerprint density at radius 1 is 0.536 bits per heavy atom. The molecule has 10 nitrogen and oxygen atoms in total. The predicted octanol–water partition coefficient (Wildman–Crippen LogP) is 12.2. The number of phosphoric acid groups is 1. The Kier molecular flexibility index (Phi) is 40.5. The minimum Gasteiger partial charge on any atom is -0.462 e. The quantitative estimate of drug-likeness (QED) is 0.0235. The van der Waals surface area contributed by atoms with Gasteiger partial charge in [-0.3, -0.25) is 18.6 Å². The molecule has 0 aromatic rings. The van der Waals surface area contributed by atoms with Gasteiger partial charge in [0.1, 0.15) is 12.7 Å². The first-order valence-corrected chi connectivity index (χ1v) is 24.3. The van der Waals surface area contributed by atoms with Gasteiger partial charge in [-0.05, 0) is 44.9 Å². The molecule has 3 unspecified atom stereocenters. The molecule has 56 heavy (non-hydrogen) atoms. The molecule has 0 spiro atoms. The molecule has 0 saturated heterocycles. The summed E-state index contributed by atoms with van der Waals surface area (Å²) < 4.78 is 32.7. The third kappa shape index (κ3) is 40.6. The molecule has 0 aromatic heterocycles. The van der Waals surface area contributed by atoms with E-state index in [1.807, 2.05) is 0 Å². The number of phosphoric ester groups is 1. The third-order valence-corrected chi connectivity index (χ3v) is 10.8. The van der Waals surface area contributed by atoms with Crippen molar-refractivity contribution in [2.24, 2.45) is 0 Å². The molecule has 11 heteroatoms. The van der Waals surface area contributed by atoms with Gasteiger partial charge in [0.25, 0.3) is 0 Å². The second-order valence-electron chi connectivity index (χ2n) is 15.4. The molecule has 3 N–H and O–H groups in total. The number of unbranched alkanes of at least 4 members (excludes halogenated alkanes) is 25. The minimum absolute atomic E-state index is 0.171. The van der Waals surface area contributed by atoms with Crippen molar-refractivity contribution in [2.45, 2.75) is 225 Å². The maximum atomic E-state index is 12.6. The fourth-order valence-corrected chi connectivity index (χ4v) is 7.11. The lowest BCUT2D eigenvalue weighted by molar-refractivity contribution is -0.161. The Morgan fingerprint density at radius 2 is 0.929 bits per heavy atom. The molecule has 0 aromatic carbocycles. The van der Waals surface area contributed by atoms with E-state index < -0.39 is 51.8 Å². The summed E-state index contributed by atoms with van der Waals surface area (Å²) in [5, 5.41) is 18.3. The summed E-state index contributed by atoms with van der Waals surface area (Å²) in [4.78, 5) is 35.0. The molecule has 3 atom stereocenters. The van der Waals surface area contributed by atoms with Crippen molar-refractivity contribution >= 4 is 19.8 Å². The van der Waals surface area contributed by atoms with Crippen molar-refractivity contribution in [1.29, 1.82) is 0 Å². The maximum absolute atomic E-state index is 12.6. The number of aliphatic hydroxyl groups excluding tert-OH is 2. The van der Waals surface area contributed by atoms with Crippen LogP contribution in [0.5, 0.6) is 0 Å². The molecule has 0 aliphatic rings. The monoisotopic (exact) mass is 817 g/mol. The van der Waals surface area contributed by atoms with E-state index in [0.717, 1.165) is 64.2 Å². The fourth-order valence-electron chi connectivity index (χ4n) is 6.32. The van der Waals surface area contributed by atoms with E-state index in [0.29, 0.717) is 12.8 Å². The average molecular weight is 817 g/mol. The number of carbonyl (C=O) groups excluding carboxylic acids is 2. The van der Waals surface area contributed by atoms with Gasteiger partial charge in [-0.25, -0.2) is 4.57 Å². The Balaban J connectivity index is 4.24. The van der Waals surface area contributed by atoms with E-state index in [1.165, 1.54) is 109 Å². The molecule has 0 bridgehead atoms. The second kappa shape index (κ2) is 41.6. The Labute approximate surface area is 342 Å². The smallest absolute Gasteiger partial charge is 0.462 e. The lowest BCUT2D eigenvalue weighted by Crippen LogP contribution is -2.29. The van der Waals surface area contributed by atoms with E-state index in [2.05, 4.69) is 38.2 Å². The molecule has 0 amide bonds. The topological polar surface area (TPSA) is 149 Å². The van der Waals surface area contributed by atoms with Crippen molar-refractivity contribution in [1.82, 2.24) is 0 Å². The summed E-state index contributed by atoms with van der Waals surface area (Å²) in [6.45, 7) is 2.36. The van der Waals surface area contributed by atoms with Crippen molar-refractivity contribution in [2.75, 3.05) is 26.4 Å². The summed E-state index contributed by atoms with van der Waals surface area (Å²) in [7, 11) is -4.62. The summed E-state index contributed by atoms with van der Waals surface area (Å²) in [5.41, 5.74) is 0. The fraction of sp³-hybridized carbons (Fsp3) is 0.867. The van der Waals surface area contributed by atoms with Crippen molar-refractivity contribution in [3.63, 3.8) is 0 Å². The molecule has 0 heterocycles. The molecule has 330 valence electrons. The van der Waals surface area contributed by atoms with E-state index in [1.54, 1.807) is 0 Å². The highest BCUT2D eigenvalue weighted by atomic mass is 31.2. The molecular weight excluding hydrogens is 731 g/mol. The number of aliphatic hydroxyl groups is 2. The predicted molar refractivity (Wildman–Crippen MR) is 228 cm³/mol. The standard InChI is InChI=1S/C45H85O10P/c1-3-5-7-9-11-13-15-17-19-20-21-23-24-26-28-30-32-34-36-44(48)52-40-43(41-54-56(50,51)53-39-42(47)38-46)55-45(49)37-35-33-31-29-27-25-22-18-16-14-12-10-8-6-4-2/h12,14,18,22,42-43,46-47H,3-11,13,15-17,19-21,23-41H2,1-2H3,(H,50,51)/b14-12-,22-18-. The first-order valence-electron chi connectivity index (χ1n) is 22.8. The zero-order chi connectivity index (χ0) is 41.2. The van der Waals surface area contributed by atoms with Gasteiger partial charge in [-0.1, -0.05) is 179 Å². The average Bonchev–Trinajstić information content (AvgIpc) is 3.19. The van der Waals surface area contributed by atoms with Crippen LogP contribution >= 0.6 is 7.82 Å². The minimum atomic E-state index is -4.62. The van der Waals surface area contributed by atoms with Gasteiger partial charge < -0.3 is 24.6 Å². The van der Waals surface area contributed by atoms with Crippen LogP contribution in [-0.2, 0) is 32.7 Å². The second-order valence-corrected chi connectivity index (χ2v) is 16.9. The zero-order valence-electron chi connectivity index (χ0n) is 35.9. The molecule has 0 fully saturated rings. The first kappa shape index (κ1) is 54.5. The van der Waals surface area contributed by atoms with E-state index >= 15 is 0 Å². The highest BCUT2D eigenvalue weighted by Crippen LogP contribution is 2.43. The molecule has 0 radical (unpaired) electrons.